The van der Waals surface area contributed by atoms with E-state index in [1.54, 1.807) is 0 Å². The maximum Gasteiger partial charge on any atom is 0.131 e. The molecule has 2 aromatic rings. The van der Waals surface area contributed by atoms with Crippen molar-refractivity contribution < 1.29 is 0 Å². The third-order valence-corrected chi connectivity index (χ3v) is 5.40. The molecule has 1 aromatic carbocycles. The summed E-state index contributed by atoms with van der Waals surface area (Å²) in [6.45, 7) is 6.87. The van der Waals surface area contributed by atoms with Crippen LogP contribution in [0.25, 0.3) is 10.9 Å². The summed E-state index contributed by atoms with van der Waals surface area (Å²) in [5.74, 6) is 1.88. The summed E-state index contributed by atoms with van der Waals surface area (Å²) in [6, 6.07) is 8.38. The first-order chi connectivity index (χ1) is 11.2. The van der Waals surface area contributed by atoms with Crippen LogP contribution in [0.15, 0.2) is 24.3 Å². The Morgan fingerprint density at radius 1 is 1.04 bits per heavy atom. The van der Waals surface area contributed by atoms with Gasteiger partial charge in [-0.05, 0) is 49.8 Å². The molecule has 3 heterocycles. The zero-order valence-corrected chi connectivity index (χ0v) is 14.5. The monoisotopic (exact) mass is 329 g/mol. The van der Waals surface area contributed by atoms with Crippen LogP contribution in [0.5, 0.6) is 0 Å². The molecule has 0 radical (unpaired) electrons. The molecular formula is C19H24ClN3. The lowest BCUT2D eigenvalue weighted by Crippen LogP contribution is -2.34. The molecule has 1 aromatic heterocycles. The quantitative estimate of drug-likeness (QED) is 0.794. The van der Waals surface area contributed by atoms with Gasteiger partial charge in [0.15, 0.2) is 0 Å². The number of nitrogens with zero attached hydrogens (tertiary/aromatic N) is 3. The van der Waals surface area contributed by atoms with Crippen molar-refractivity contribution in [2.75, 3.05) is 36.0 Å². The highest BCUT2D eigenvalue weighted by Crippen LogP contribution is 2.35. The van der Waals surface area contributed by atoms with E-state index in [4.69, 9.17) is 16.6 Å². The number of benzene rings is 1. The van der Waals surface area contributed by atoms with Crippen LogP contribution < -0.4 is 9.80 Å². The van der Waals surface area contributed by atoms with E-state index in [2.05, 4.69) is 34.9 Å². The molecule has 0 bridgehead atoms. The minimum Gasteiger partial charge on any atom is -0.371 e. The van der Waals surface area contributed by atoms with Gasteiger partial charge in [0.1, 0.15) is 5.82 Å². The second-order valence-corrected chi connectivity index (χ2v) is 7.49. The van der Waals surface area contributed by atoms with Gasteiger partial charge in [-0.1, -0.05) is 18.5 Å². The molecule has 1 unspecified atom stereocenters. The van der Waals surface area contributed by atoms with Crippen molar-refractivity contribution in [2.45, 2.75) is 32.6 Å². The lowest BCUT2D eigenvalue weighted by atomic mass is 9.99. The fourth-order valence-corrected chi connectivity index (χ4v) is 4.12. The Balaban J connectivity index is 1.82. The van der Waals surface area contributed by atoms with E-state index in [9.17, 15) is 0 Å². The highest BCUT2D eigenvalue weighted by molar-refractivity contribution is 6.31. The Bertz CT molecular complexity index is 709. The second kappa shape index (κ2) is 6.20. The van der Waals surface area contributed by atoms with Gasteiger partial charge in [-0.3, -0.25) is 0 Å². The van der Waals surface area contributed by atoms with E-state index in [0.29, 0.717) is 0 Å². The number of hydrogen-bond donors (Lipinski definition) is 0. The molecule has 2 aliphatic rings. The van der Waals surface area contributed by atoms with Crippen LogP contribution in [-0.4, -0.2) is 31.2 Å². The lowest BCUT2D eigenvalue weighted by molar-refractivity contribution is 0.447. The van der Waals surface area contributed by atoms with Gasteiger partial charge in [0.05, 0.1) is 5.52 Å². The molecule has 0 N–H and O–H groups in total. The maximum absolute atomic E-state index is 6.27. The molecule has 2 aliphatic heterocycles. The molecule has 0 spiro atoms. The molecular weight excluding hydrogens is 306 g/mol. The second-order valence-electron chi connectivity index (χ2n) is 7.05. The van der Waals surface area contributed by atoms with Gasteiger partial charge in [0.25, 0.3) is 0 Å². The van der Waals surface area contributed by atoms with Gasteiger partial charge < -0.3 is 9.80 Å². The summed E-state index contributed by atoms with van der Waals surface area (Å²) in [6.07, 6.45) is 5.15. The Kier molecular flexibility index (Phi) is 4.06. The SMILES string of the molecule is CC1CCCN(c2cc(N3CCCC3)nc3ccc(Cl)cc23)C1. The van der Waals surface area contributed by atoms with Gasteiger partial charge in [0.2, 0.25) is 0 Å². The summed E-state index contributed by atoms with van der Waals surface area (Å²) in [5.41, 5.74) is 2.37. The molecule has 23 heavy (non-hydrogen) atoms. The average Bonchev–Trinajstić information content (AvgIpc) is 3.08. The minimum atomic E-state index is 0.751. The molecule has 0 amide bonds. The number of piperidine rings is 1. The Hall–Kier alpha value is -1.48. The fourth-order valence-electron chi connectivity index (χ4n) is 3.94. The van der Waals surface area contributed by atoms with Crippen LogP contribution >= 0.6 is 11.6 Å². The van der Waals surface area contributed by atoms with Crippen molar-refractivity contribution in [3.05, 3.63) is 29.3 Å². The summed E-state index contributed by atoms with van der Waals surface area (Å²) >= 11 is 6.27. The maximum atomic E-state index is 6.27. The molecule has 4 heteroatoms. The molecule has 1 atom stereocenters. The third-order valence-electron chi connectivity index (χ3n) is 5.16. The topological polar surface area (TPSA) is 19.4 Å². The first-order valence-electron chi connectivity index (χ1n) is 8.81. The van der Waals surface area contributed by atoms with Crippen LogP contribution in [-0.2, 0) is 0 Å². The van der Waals surface area contributed by atoms with Gasteiger partial charge >= 0.3 is 0 Å². The Morgan fingerprint density at radius 2 is 1.83 bits per heavy atom. The number of rotatable bonds is 2. The third kappa shape index (κ3) is 2.99. The largest absolute Gasteiger partial charge is 0.371 e. The number of pyridine rings is 1. The van der Waals surface area contributed by atoms with Gasteiger partial charge in [-0.2, -0.15) is 0 Å². The molecule has 0 aliphatic carbocycles. The Morgan fingerprint density at radius 3 is 2.61 bits per heavy atom. The van der Waals surface area contributed by atoms with Crippen LogP contribution in [0.3, 0.4) is 0 Å². The van der Waals surface area contributed by atoms with E-state index < -0.39 is 0 Å². The number of fused-ring (bicyclic) bond motifs is 1. The van der Waals surface area contributed by atoms with Crippen LogP contribution in [0.2, 0.25) is 5.02 Å². The van der Waals surface area contributed by atoms with Crippen LogP contribution in [0, 0.1) is 5.92 Å². The van der Waals surface area contributed by atoms with Crippen LogP contribution in [0.1, 0.15) is 32.6 Å². The highest BCUT2D eigenvalue weighted by Gasteiger charge is 2.22. The van der Waals surface area contributed by atoms with E-state index in [0.717, 1.165) is 48.5 Å². The number of anilines is 2. The first-order valence-corrected chi connectivity index (χ1v) is 9.19. The lowest BCUT2D eigenvalue weighted by Gasteiger charge is -2.34. The van der Waals surface area contributed by atoms with Crippen molar-refractivity contribution in [3.63, 3.8) is 0 Å². The molecule has 3 nitrogen and oxygen atoms in total. The summed E-state index contributed by atoms with van der Waals surface area (Å²) in [5, 5.41) is 1.98. The molecule has 4 rings (SSSR count). The van der Waals surface area contributed by atoms with Gasteiger partial charge in [0, 0.05) is 48.3 Å². The fraction of sp³-hybridized carbons (Fsp3) is 0.526. The normalized spacial score (nSPS) is 22.1. The van der Waals surface area contributed by atoms with E-state index >= 15 is 0 Å². The highest BCUT2D eigenvalue weighted by atomic mass is 35.5. The standard InChI is InChI=1S/C19H24ClN3/c1-14-5-4-10-23(13-14)18-12-19(22-8-2-3-9-22)21-17-7-6-15(20)11-16(17)18/h6-7,11-12,14H,2-5,8-10,13H2,1H3. The van der Waals surface area contributed by atoms with E-state index in [1.165, 1.54) is 36.8 Å². The van der Waals surface area contributed by atoms with E-state index in [-0.39, 0.29) is 0 Å². The predicted molar refractivity (Wildman–Crippen MR) is 98.8 cm³/mol. The minimum absolute atomic E-state index is 0.751. The summed E-state index contributed by atoms with van der Waals surface area (Å²) in [7, 11) is 0. The summed E-state index contributed by atoms with van der Waals surface area (Å²) < 4.78 is 0. The Labute approximate surface area is 143 Å². The van der Waals surface area contributed by atoms with E-state index in [1.807, 2.05) is 6.07 Å². The predicted octanol–water partition coefficient (Wildman–Crippen LogP) is 4.72. The zero-order valence-electron chi connectivity index (χ0n) is 13.8. The van der Waals surface area contributed by atoms with Gasteiger partial charge in [-0.25, -0.2) is 4.98 Å². The number of hydrogen-bond acceptors (Lipinski definition) is 3. The van der Waals surface area contributed by atoms with Crippen molar-refractivity contribution >= 4 is 34.0 Å². The molecule has 122 valence electrons. The number of aromatic nitrogens is 1. The average molecular weight is 330 g/mol. The molecule has 2 saturated heterocycles. The molecule has 2 fully saturated rings. The van der Waals surface area contributed by atoms with Crippen molar-refractivity contribution in [2.24, 2.45) is 5.92 Å². The molecule has 0 saturated carbocycles. The van der Waals surface area contributed by atoms with Crippen LogP contribution in [0.4, 0.5) is 11.5 Å². The van der Waals surface area contributed by atoms with Gasteiger partial charge in [-0.15, -0.1) is 0 Å². The summed E-state index contributed by atoms with van der Waals surface area (Å²) in [4.78, 5) is 9.87. The smallest absolute Gasteiger partial charge is 0.131 e. The van der Waals surface area contributed by atoms with Crippen molar-refractivity contribution in [3.8, 4) is 0 Å². The first kappa shape index (κ1) is 15.1. The van der Waals surface area contributed by atoms with Crippen molar-refractivity contribution in [1.82, 2.24) is 4.98 Å². The zero-order chi connectivity index (χ0) is 15.8. The van der Waals surface area contributed by atoms with Crippen molar-refractivity contribution in [1.29, 1.82) is 0 Å². The number of halogens is 1.